The van der Waals surface area contributed by atoms with E-state index in [0.29, 0.717) is 17.0 Å². The smallest absolute Gasteiger partial charge is 0.258 e. The van der Waals surface area contributed by atoms with Crippen molar-refractivity contribution in [2.75, 3.05) is 11.9 Å². The summed E-state index contributed by atoms with van der Waals surface area (Å²) in [4.78, 5) is 19.5. The Morgan fingerprint density at radius 2 is 1.77 bits per heavy atom. The van der Waals surface area contributed by atoms with Crippen molar-refractivity contribution in [3.05, 3.63) is 84.1 Å². The third-order valence-electron chi connectivity index (χ3n) is 4.45. The molecule has 0 unspecified atom stereocenters. The van der Waals surface area contributed by atoms with Gasteiger partial charge in [0.25, 0.3) is 5.91 Å². The molecule has 0 fully saturated rings. The Kier molecular flexibility index (Phi) is 4.01. The standard InChI is InChI=1S/C22H18N2O2/c1-15-9-11-16(12-10-15)24(2)22(25)18-14-20(21-8-5-13-26-21)23-19-7-4-3-6-17(18)19/h3-14H,1-2H3. The van der Waals surface area contributed by atoms with Gasteiger partial charge in [-0.05, 0) is 43.3 Å². The highest BCUT2D eigenvalue weighted by Gasteiger charge is 2.19. The minimum atomic E-state index is -0.0831. The fourth-order valence-corrected chi connectivity index (χ4v) is 2.97. The summed E-state index contributed by atoms with van der Waals surface area (Å²) in [5.41, 5.74) is 4.02. The summed E-state index contributed by atoms with van der Waals surface area (Å²) in [5, 5.41) is 0.826. The molecule has 4 rings (SSSR count). The van der Waals surface area contributed by atoms with Crippen LogP contribution >= 0.6 is 0 Å². The van der Waals surface area contributed by atoms with E-state index in [4.69, 9.17) is 4.42 Å². The van der Waals surface area contributed by atoms with Gasteiger partial charge >= 0.3 is 0 Å². The number of rotatable bonds is 3. The Morgan fingerprint density at radius 3 is 2.50 bits per heavy atom. The molecular weight excluding hydrogens is 324 g/mol. The Hall–Kier alpha value is -3.40. The predicted molar refractivity (Wildman–Crippen MR) is 103 cm³/mol. The van der Waals surface area contributed by atoms with E-state index in [1.54, 1.807) is 24.3 Å². The largest absolute Gasteiger partial charge is 0.463 e. The molecule has 0 N–H and O–H groups in total. The van der Waals surface area contributed by atoms with Crippen LogP contribution in [0.5, 0.6) is 0 Å². The lowest BCUT2D eigenvalue weighted by Gasteiger charge is -2.19. The highest BCUT2D eigenvalue weighted by Crippen LogP contribution is 2.27. The number of aryl methyl sites for hydroxylation is 1. The van der Waals surface area contributed by atoms with Gasteiger partial charge in [0.1, 0.15) is 5.69 Å². The van der Waals surface area contributed by atoms with E-state index in [0.717, 1.165) is 22.2 Å². The number of para-hydroxylation sites is 1. The van der Waals surface area contributed by atoms with Gasteiger partial charge in [0.05, 0.1) is 17.3 Å². The summed E-state index contributed by atoms with van der Waals surface area (Å²) in [5.74, 6) is 0.558. The molecule has 0 spiro atoms. The zero-order valence-electron chi connectivity index (χ0n) is 14.6. The Labute approximate surface area is 151 Å². The van der Waals surface area contributed by atoms with Gasteiger partial charge in [-0.3, -0.25) is 4.79 Å². The Balaban J connectivity index is 1.84. The quantitative estimate of drug-likeness (QED) is 0.521. The first-order valence-corrected chi connectivity index (χ1v) is 8.42. The average molecular weight is 342 g/mol. The van der Waals surface area contributed by atoms with Crippen molar-refractivity contribution in [2.45, 2.75) is 6.92 Å². The first-order valence-electron chi connectivity index (χ1n) is 8.42. The van der Waals surface area contributed by atoms with Crippen LogP contribution in [0, 0.1) is 6.92 Å². The lowest BCUT2D eigenvalue weighted by Crippen LogP contribution is -2.26. The minimum Gasteiger partial charge on any atom is -0.463 e. The van der Waals surface area contributed by atoms with Crippen molar-refractivity contribution in [3.8, 4) is 11.5 Å². The number of fused-ring (bicyclic) bond motifs is 1. The van der Waals surface area contributed by atoms with Crippen LogP contribution in [0.2, 0.25) is 0 Å². The van der Waals surface area contributed by atoms with E-state index in [-0.39, 0.29) is 5.91 Å². The maximum absolute atomic E-state index is 13.2. The third-order valence-corrected chi connectivity index (χ3v) is 4.45. The SMILES string of the molecule is Cc1ccc(N(C)C(=O)c2cc(-c3ccco3)nc3ccccc23)cc1. The van der Waals surface area contributed by atoms with E-state index in [9.17, 15) is 4.79 Å². The number of pyridine rings is 1. The molecule has 0 saturated heterocycles. The van der Waals surface area contributed by atoms with Crippen LogP contribution in [0.25, 0.3) is 22.4 Å². The van der Waals surface area contributed by atoms with Crippen molar-refractivity contribution in [1.29, 1.82) is 0 Å². The van der Waals surface area contributed by atoms with E-state index in [2.05, 4.69) is 4.98 Å². The lowest BCUT2D eigenvalue weighted by atomic mass is 10.1. The summed E-state index contributed by atoms with van der Waals surface area (Å²) >= 11 is 0. The molecule has 26 heavy (non-hydrogen) atoms. The van der Waals surface area contributed by atoms with Crippen LogP contribution in [0.15, 0.2) is 77.4 Å². The van der Waals surface area contributed by atoms with Gasteiger partial charge in [-0.2, -0.15) is 0 Å². The van der Waals surface area contributed by atoms with Crippen LogP contribution in [-0.2, 0) is 0 Å². The van der Waals surface area contributed by atoms with Gasteiger partial charge in [-0.1, -0.05) is 35.9 Å². The second-order valence-electron chi connectivity index (χ2n) is 6.25. The molecule has 0 aliphatic heterocycles. The summed E-state index contributed by atoms with van der Waals surface area (Å²) < 4.78 is 5.47. The number of anilines is 1. The maximum atomic E-state index is 13.2. The zero-order chi connectivity index (χ0) is 18.1. The molecule has 0 saturated carbocycles. The van der Waals surface area contributed by atoms with E-state index >= 15 is 0 Å². The number of amides is 1. The first-order chi connectivity index (χ1) is 12.6. The lowest BCUT2D eigenvalue weighted by molar-refractivity contribution is 0.0994. The van der Waals surface area contributed by atoms with E-state index < -0.39 is 0 Å². The van der Waals surface area contributed by atoms with Gasteiger partial charge in [-0.15, -0.1) is 0 Å². The van der Waals surface area contributed by atoms with E-state index in [1.165, 1.54) is 0 Å². The summed E-state index contributed by atoms with van der Waals surface area (Å²) in [6.45, 7) is 2.03. The number of hydrogen-bond acceptors (Lipinski definition) is 3. The van der Waals surface area contributed by atoms with Crippen molar-refractivity contribution in [1.82, 2.24) is 4.98 Å². The topological polar surface area (TPSA) is 46.3 Å². The van der Waals surface area contributed by atoms with Gasteiger partial charge in [-0.25, -0.2) is 4.98 Å². The molecule has 4 nitrogen and oxygen atoms in total. The van der Waals surface area contributed by atoms with Crippen molar-refractivity contribution >= 4 is 22.5 Å². The molecule has 1 amide bonds. The van der Waals surface area contributed by atoms with Gasteiger partial charge in [0.15, 0.2) is 5.76 Å². The number of aromatic nitrogens is 1. The van der Waals surface area contributed by atoms with Gasteiger partial charge in [0, 0.05) is 18.1 Å². The number of carbonyl (C=O) groups excluding carboxylic acids is 1. The van der Waals surface area contributed by atoms with Gasteiger partial charge in [0.2, 0.25) is 0 Å². The molecule has 0 radical (unpaired) electrons. The molecule has 2 aromatic carbocycles. The van der Waals surface area contributed by atoms with Crippen LogP contribution in [0.4, 0.5) is 5.69 Å². The summed E-state index contributed by atoms with van der Waals surface area (Å²) in [6.07, 6.45) is 1.60. The number of benzene rings is 2. The fourth-order valence-electron chi connectivity index (χ4n) is 2.97. The van der Waals surface area contributed by atoms with Crippen molar-refractivity contribution in [2.24, 2.45) is 0 Å². The number of carbonyl (C=O) groups is 1. The number of hydrogen-bond donors (Lipinski definition) is 0. The van der Waals surface area contributed by atoms with Crippen LogP contribution in [0.1, 0.15) is 15.9 Å². The maximum Gasteiger partial charge on any atom is 0.258 e. The molecule has 0 aliphatic rings. The number of furan rings is 1. The van der Waals surface area contributed by atoms with Crippen LogP contribution < -0.4 is 4.90 Å². The van der Waals surface area contributed by atoms with Crippen molar-refractivity contribution < 1.29 is 9.21 Å². The van der Waals surface area contributed by atoms with Crippen LogP contribution in [0.3, 0.4) is 0 Å². The number of nitrogens with zero attached hydrogens (tertiary/aromatic N) is 2. The molecule has 4 heteroatoms. The Morgan fingerprint density at radius 1 is 1.00 bits per heavy atom. The van der Waals surface area contributed by atoms with E-state index in [1.807, 2.05) is 67.6 Å². The molecule has 0 atom stereocenters. The second-order valence-corrected chi connectivity index (χ2v) is 6.25. The van der Waals surface area contributed by atoms with Crippen molar-refractivity contribution in [3.63, 3.8) is 0 Å². The predicted octanol–water partition coefficient (Wildman–Crippen LogP) is 5.08. The molecular formula is C22H18N2O2. The molecule has 128 valence electrons. The second kappa shape index (κ2) is 6.48. The molecule has 0 bridgehead atoms. The normalized spacial score (nSPS) is 10.8. The monoisotopic (exact) mass is 342 g/mol. The molecule has 4 aromatic rings. The zero-order valence-corrected chi connectivity index (χ0v) is 14.6. The molecule has 2 aromatic heterocycles. The average Bonchev–Trinajstić information content (AvgIpc) is 3.21. The highest BCUT2D eigenvalue weighted by molar-refractivity contribution is 6.14. The van der Waals surface area contributed by atoms with Gasteiger partial charge < -0.3 is 9.32 Å². The highest BCUT2D eigenvalue weighted by atomic mass is 16.3. The van der Waals surface area contributed by atoms with Crippen LogP contribution in [-0.4, -0.2) is 17.9 Å². The first kappa shape index (κ1) is 16.1. The summed E-state index contributed by atoms with van der Waals surface area (Å²) in [7, 11) is 1.79. The molecule has 0 aliphatic carbocycles. The molecule has 2 heterocycles. The minimum absolute atomic E-state index is 0.0831. The third kappa shape index (κ3) is 2.86. The fraction of sp³-hybridized carbons (Fsp3) is 0.0909. The summed E-state index contributed by atoms with van der Waals surface area (Å²) in [6, 6.07) is 21.0. The Bertz CT molecular complexity index is 1070.